The Morgan fingerprint density at radius 2 is 2.35 bits per heavy atom. The molecular weight excluding hydrogens is 216 g/mol. The standard InChI is InChI=1S/C12H18N4O/c13-11(17)4-6-16-10-3-5-14-7-9(10)15-12(16)8-1-2-8/h8,14H,1-7H2,(H2,13,17). The van der Waals surface area contributed by atoms with Gasteiger partial charge in [0, 0.05) is 44.1 Å². The zero-order valence-electron chi connectivity index (χ0n) is 9.91. The molecule has 0 spiro atoms. The summed E-state index contributed by atoms with van der Waals surface area (Å²) in [4.78, 5) is 15.7. The van der Waals surface area contributed by atoms with E-state index in [2.05, 4.69) is 9.88 Å². The quantitative estimate of drug-likeness (QED) is 0.786. The van der Waals surface area contributed by atoms with E-state index in [4.69, 9.17) is 10.7 Å². The Bertz CT molecular complexity index is 448. The van der Waals surface area contributed by atoms with Gasteiger partial charge in [-0.05, 0) is 12.8 Å². The van der Waals surface area contributed by atoms with Crippen LogP contribution in [0.4, 0.5) is 0 Å². The molecule has 1 fully saturated rings. The number of hydrogen-bond acceptors (Lipinski definition) is 3. The first-order valence-electron chi connectivity index (χ1n) is 6.33. The SMILES string of the molecule is NC(=O)CCn1c(C2CC2)nc2c1CCNC2. The number of nitrogens with two attached hydrogens (primary N) is 1. The molecule has 0 atom stereocenters. The third-order valence-electron chi connectivity index (χ3n) is 3.54. The molecular formula is C12H18N4O. The molecule has 0 bridgehead atoms. The highest BCUT2D eigenvalue weighted by atomic mass is 16.1. The number of aromatic nitrogens is 2. The van der Waals surface area contributed by atoms with Gasteiger partial charge >= 0.3 is 0 Å². The fourth-order valence-electron chi connectivity index (χ4n) is 2.52. The molecule has 1 amide bonds. The molecule has 3 N–H and O–H groups in total. The highest BCUT2D eigenvalue weighted by Crippen LogP contribution is 2.40. The van der Waals surface area contributed by atoms with Crippen molar-refractivity contribution in [2.45, 2.75) is 44.7 Å². The van der Waals surface area contributed by atoms with Crippen molar-refractivity contribution in [1.29, 1.82) is 0 Å². The molecule has 1 saturated carbocycles. The number of imidazole rings is 1. The Balaban J connectivity index is 1.91. The van der Waals surface area contributed by atoms with Crippen molar-refractivity contribution < 1.29 is 4.79 Å². The highest BCUT2D eigenvalue weighted by Gasteiger charge is 2.31. The predicted octanol–water partition coefficient (Wildman–Crippen LogP) is 0.282. The van der Waals surface area contributed by atoms with Crippen LogP contribution in [0.5, 0.6) is 0 Å². The van der Waals surface area contributed by atoms with Crippen LogP contribution in [0.3, 0.4) is 0 Å². The van der Waals surface area contributed by atoms with Gasteiger partial charge < -0.3 is 15.6 Å². The van der Waals surface area contributed by atoms with Crippen molar-refractivity contribution in [3.05, 3.63) is 17.2 Å². The van der Waals surface area contributed by atoms with Crippen molar-refractivity contribution in [2.24, 2.45) is 5.73 Å². The summed E-state index contributed by atoms with van der Waals surface area (Å²) in [5.74, 6) is 1.57. The van der Waals surface area contributed by atoms with Gasteiger partial charge in [0.25, 0.3) is 0 Å². The molecule has 0 aromatic carbocycles. The van der Waals surface area contributed by atoms with E-state index in [9.17, 15) is 4.79 Å². The largest absolute Gasteiger partial charge is 0.370 e. The topological polar surface area (TPSA) is 72.9 Å². The second-order valence-electron chi connectivity index (χ2n) is 4.93. The molecule has 2 heterocycles. The number of carbonyl (C=O) groups is 1. The van der Waals surface area contributed by atoms with E-state index in [1.54, 1.807) is 0 Å². The number of nitrogens with one attached hydrogen (secondary N) is 1. The highest BCUT2D eigenvalue weighted by molar-refractivity contribution is 5.73. The van der Waals surface area contributed by atoms with Crippen LogP contribution < -0.4 is 11.1 Å². The Kier molecular flexibility index (Phi) is 2.63. The van der Waals surface area contributed by atoms with Crippen LogP contribution in [0, 0.1) is 0 Å². The van der Waals surface area contributed by atoms with E-state index >= 15 is 0 Å². The number of rotatable bonds is 4. The number of nitrogens with zero attached hydrogens (tertiary/aromatic N) is 2. The van der Waals surface area contributed by atoms with Crippen LogP contribution in [0.2, 0.25) is 0 Å². The third-order valence-corrected chi connectivity index (χ3v) is 3.54. The van der Waals surface area contributed by atoms with E-state index < -0.39 is 0 Å². The maximum Gasteiger partial charge on any atom is 0.219 e. The molecule has 0 radical (unpaired) electrons. The van der Waals surface area contributed by atoms with E-state index in [1.165, 1.54) is 30.1 Å². The molecule has 5 heteroatoms. The van der Waals surface area contributed by atoms with E-state index in [0.717, 1.165) is 19.5 Å². The summed E-state index contributed by atoms with van der Waals surface area (Å²) < 4.78 is 2.25. The minimum Gasteiger partial charge on any atom is -0.370 e. The van der Waals surface area contributed by atoms with Crippen molar-refractivity contribution in [2.75, 3.05) is 6.54 Å². The second-order valence-corrected chi connectivity index (χ2v) is 4.93. The van der Waals surface area contributed by atoms with Crippen LogP contribution in [0.25, 0.3) is 0 Å². The second kappa shape index (κ2) is 4.14. The molecule has 3 rings (SSSR count). The zero-order valence-corrected chi connectivity index (χ0v) is 9.91. The summed E-state index contributed by atoms with van der Waals surface area (Å²) in [6, 6.07) is 0. The van der Waals surface area contributed by atoms with Gasteiger partial charge in [-0.25, -0.2) is 4.98 Å². The molecule has 2 aliphatic rings. The lowest BCUT2D eigenvalue weighted by molar-refractivity contribution is -0.118. The fourth-order valence-corrected chi connectivity index (χ4v) is 2.52. The van der Waals surface area contributed by atoms with Crippen LogP contribution in [0.1, 0.15) is 42.4 Å². The lowest BCUT2D eigenvalue weighted by Crippen LogP contribution is -2.25. The number of amides is 1. The van der Waals surface area contributed by atoms with Gasteiger partial charge in [0.2, 0.25) is 5.91 Å². The third kappa shape index (κ3) is 2.07. The monoisotopic (exact) mass is 234 g/mol. The first-order chi connectivity index (χ1) is 8.25. The minimum absolute atomic E-state index is 0.233. The smallest absolute Gasteiger partial charge is 0.219 e. The van der Waals surface area contributed by atoms with E-state index in [1.807, 2.05) is 0 Å². The zero-order chi connectivity index (χ0) is 11.8. The summed E-state index contributed by atoms with van der Waals surface area (Å²) in [5, 5.41) is 3.34. The summed E-state index contributed by atoms with van der Waals surface area (Å²) in [6.45, 7) is 2.56. The Morgan fingerprint density at radius 3 is 3.06 bits per heavy atom. The van der Waals surface area contributed by atoms with Gasteiger partial charge in [-0.3, -0.25) is 4.79 Å². The molecule has 1 aromatic rings. The summed E-state index contributed by atoms with van der Waals surface area (Å²) in [6.07, 6.45) is 3.89. The minimum atomic E-state index is -0.233. The van der Waals surface area contributed by atoms with Gasteiger partial charge in [0.1, 0.15) is 5.82 Å². The van der Waals surface area contributed by atoms with Crippen LogP contribution >= 0.6 is 0 Å². The Morgan fingerprint density at radius 1 is 1.53 bits per heavy atom. The van der Waals surface area contributed by atoms with E-state index in [-0.39, 0.29) is 5.91 Å². The van der Waals surface area contributed by atoms with Crippen molar-refractivity contribution in [3.8, 4) is 0 Å². The predicted molar refractivity (Wildman–Crippen MR) is 63.4 cm³/mol. The normalized spacial score (nSPS) is 19.1. The Labute approximate surface area is 100 Å². The molecule has 17 heavy (non-hydrogen) atoms. The van der Waals surface area contributed by atoms with Gasteiger partial charge in [-0.15, -0.1) is 0 Å². The number of primary amides is 1. The van der Waals surface area contributed by atoms with Crippen molar-refractivity contribution in [1.82, 2.24) is 14.9 Å². The van der Waals surface area contributed by atoms with E-state index in [0.29, 0.717) is 18.9 Å². The average Bonchev–Trinajstić information content (AvgIpc) is 3.08. The molecule has 1 aliphatic heterocycles. The summed E-state index contributed by atoms with van der Waals surface area (Å²) in [7, 11) is 0. The molecule has 92 valence electrons. The first kappa shape index (κ1) is 10.8. The van der Waals surface area contributed by atoms with Crippen LogP contribution in [0.15, 0.2) is 0 Å². The fraction of sp³-hybridized carbons (Fsp3) is 0.667. The number of carbonyl (C=O) groups excluding carboxylic acids is 1. The molecule has 1 aliphatic carbocycles. The van der Waals surface area contributed by atoms with Crippen molar-refractivity contribution in [3.63, 3.8) is 0 Å². The number of hydrogen-bond donors (Lipinski definition) is 2. The van der Waals surface area contributed by atoms with Crippen LogP contribution in [-0.4, -0.2) is 22.0 Å². The van der Waals surface area contributed by atoms with Crippen molar-refractivity contribution >= 4 is 5.91 Å². The molecule has 0 unspecified atom stereocenters. The van der Waals surface area contributed by atoms with Gasteiger partial charge in [0.05, 0.1) is 5.69 Å². The van der Waals surface area contributed by atoms with Crippen LogP contribution in [-0.2, 0) is 24.3 Å². The maximum absolute atomic E-state index is 10.9. The maximum atomic E-state index is 10.9. The molecule has 5 nitrogen and oxygen atoms in total. The Hall–Kier alpha value is -1.36. The summed E-state index contributed by atoms with van der Waals surface area (Å²) in [5.41, 5.74) is 7.72. The van der Waals surface area contributed by atoms with Gasteiger partial charge in [-0.1, -0.05) is 0 Å². The first-order valence-corrected chi connectivity index (χ1v) is 6.33. The molecule has 0 saturated heterocycles. The lowest BCUT2D eigenvalue weighted by atomic mass is 10.2. The van der Waals surface area contributed by atoms with Gasteiger partial charge in [0.15, 0.2) is 0 Å². The molecule has 1 aromatic heterocycles. The number of fused-ring (bicyclic) bond motifs is 1. The summed E-state index contributed by atoms with van der Waals surface area (Å²) >= 11 is 0. The van der Waals surface area contributed by atoms with Gasteiger partial charge in [-0.2, -0.15) is 0 Å². The lowest BCUT2D eigenvalue weighted by Gasteiger charge is -2.15. The average molecular weight is 234 g/mol.